The molecule has 0 bridgehead atoms. The molecule has 1 aromatic rings. The third-order valence-corrected chi connectivity index (χ3v) is 3.29. The van der Waals surface area contributed by atoms with Gasteiger partial charge in [-0.3, -0.25) is 0 Å². The first-order valence-corrected chi connectivity index (χ1v) is 6.25. The highest BCUT2D eigenvalue weighted by atomic mass is 35.5. The monoisotopic (exact) mass is 256 g/mol. The van der Waals surface area contributed by atoms with Crippen molar-refractivity contribution in [3.8, 4) is 5.75 Å². The Hall–Kier alpha value is -0.770. The van der Waals surface area contributed by atoms with Crippen molar-refractivity contribution in [2.75, 3.05) is 19.8 Å². The van der Waals surface area contributed by atoms with Crippen LogP contribution in [0.25, 0.3) is 0 Å². The summed E-state index contributed by atoms with van der Waals surface area (Å²) < 4.78 is 11.3. The Morgan fingerprint density at radius 2 is 2.06 bits per heavy atom. The van der Waals surface area contributed by atoms with Crippen molar-refractivity contribution < 1.29 is 14.6 Å². The molecule has 1 fully saturated rings. The van der Waals surface area contributed by atoms with Crippen LogP contribution < -0.4 is 4.74 Å². The Morgan fingerprint density at radius 1 is 1.29 bits per heavy atom. The molecular formula is C13H17ClO3. The number of ether oxygens (including phenoxy) is 2. The summed E-state index contributed by atoms with van der Waals surface area (Å²) in [5, 5.41) is 10.1. The fourth-order valence-electron chi connectivity index (χ4n) is 1.94. The Balaban J connectivity index is 1.93. The highest BCUT2D eigenvalue weighted by Gasteiger charge is 2.33. The molecule has 3 nitrogen and oxygen atoms in total. The summed E-state index contributed by atoms with van der Waals surface area (Å²) in [5.41, 5.74) is -0.530. The summed E-state index contributed by atoms with van der Waals surface area (Å²) in [6, 6.07) is 7.20. The van der Waals surface area contributed by atoms with Crippen LogP contribution in [0.1, 0.15) is 19.3 Å². The molecule has 4 heteroatoms. The van der Waals surface area contributed by atoms with E-state index in [1.54, 1.807) is 12.1 Å². The highest BCUT2D eigenvalue weighted by Crippen LogP contribution is 2.26. The summed E-state index contributed by atoms with van der Waals surface area (Å²) in [5.74, 6) is 0.747. The summed E-state index contributed by atoms with van der Waals surface area (Å²) in [6.45, 7) is 1.08. The van der Waals surface area contributed by atoms with Crippen molar-refractivity contribution in [3.05, 3.63) is 29.3 Å². The molecular weight excluding hydrogens is 240 g/mol. The number of hydrogen-bond acceptors (Lipinski definition) is 3. The lowest BCUT2D eigenvalue weighted by Crippen LogP contribution is -2.45. The van der Waals surface area contributed by atoms with Crippen molar-refractivity contribution in [3.63, 3.8) is 0 Å². The van der Waals surface area contributed by atoms with Gasteiger partial charge in [-0.2, -0.15) is 0 Å². The van der Waals surface area contributed by atoms with Crippen molar-refractivity contribution >= 4 is 11.6 Å². The molecule has 0 aliphatic carbocycles. The van der Waals surface area contributed by atoms with E-state index in [2.05, 4.69) is 0 Å². The van der Waals surface area contributed by atoms with Gasteiger partial charge in [0.05, 0.1) is 6.61 Å². The quantitative estimate of drug-likeness (QED) is 0.900. The molecule has 1 saturated heterocycles. The van der Waals surface area contributed by atoms with Gasteiger partial charge < -0.3 is 14.6 Å². The number of benzene rings is 1. The van der Waals surface area contributed by atoms with Gasteiger partial charge in [0, 0.05) is 11.6 Å². The fraction of sp³-hybridized carbons (Fsp3) is 0.538. The summed E-state index contributed by atoms with van der Waals surface area (Å²) >= 11 is 5.79. The standard InChI is InChI=1S/C13H17ClO3/c14-11-3-5-12(6-4-11)16-10-13(9-15)7-1-2-8-17-13/h3-6,15H,1-2,7-10H2. The fourth-order valence-corrected chi connectivity index (χ4v) is 2.07. The second-order valence-electron chi connectivity index (χ2n) is 4.39. The van der Waals surface area contributed by atoms with Gasteiger partial charge in [0.15, 0.2) is 0 Å². The average molecular weight is 257 g/mol. The Kier molecular flexibility index (Phi) is 4.26. The smallest absolute Gasteiger partial charge is 0.125 e. The lowest BCUT2D eigenvalue weighted by Gasteiger charge is -2.35. The highest BCUT2D eigenvalue weighted by molar-refractivity contribution is 6.30. The minimum Gasteiger partial charge on any atom is -0.490 e. The zero-order valence-corrected chi connectivity index (χ0v) is 10.4. The third kappa shape index (κ3) is 3.35. The van der Waals surface area contributed by atoms with Gasteiger partial charge in [-0.05, 0) is 43.5 Å². The van der Waals surface area contributed by atoms with Crippen LogP contribution in [0.3, 0.4) is 0 Å². The molecule has 1 N–H and O–H groups in total. The predicted molar refractivity (Wildman–Crippen MR) is 66.6 cm³/mol. The molecule has 0 aromatic heterocycles. The third-order valence-electron chi connectivity index (χ3n) is 3.04. The largest absolute Gasteiger partial charge is 0.490 e. The minimum atomic E-state index is -0.530. The van der Waals surface area contributed by atoms with Crippen LogP contribution in [0, 0.1) is 0 Å². The van der Waals surface area contributed by atoms with Crippen LogP contribution in [0.4, 0.5) is 0 Å². The van der Waals surface area contributed by atoms with E-state index in [9.17, 15) is 5.11 Å². The first kappa shape index (κ1) is 12.7. The number of hydrogen-bond donors (Lipinski definition) is 1. The topological polar surface area (TPSA) is 38.7 Å². The normalized spacial score (nSPS) is 24.6. The number of aliphatic hydroxyl groups is 1. The molecule has 1 aliphatic heterocycles. The van der Waals surface area contributed by atoms with Crippen molar-refractivity contribution in [1.82, 2.24) is 0 Å². The van der Waals surface area contributed by atoms with E-state index >= 15 is 0 Å². The van der Waals surface area contributed by atoms with Gasteiger partial charge in [-0.1, -0.05) is 11.6 Å². The van der Waals surface area contributed by atoms with Gasteiger partial charge in [0.2, 0.25) is 0 Å². The zero-order valence-electron chi connectivity index (χ0n) is 9.69. The molecule has 1 heterocycles. The number of aliphatic hydroxyl groups excluding tert-OH is 1. The first-order valence-electron chi connectivity index (χ1n) is 5.87. The van der Waals surface area contributed by atoms with E-state index in [0.717, 1.165) is 25.0 Å². The van der Waals surface area contributed by atoms with E-state index in [-0.39, 0.29) is 6.61 Å². The lowest BCUT2D eigenvalue weighted by molar-refractivity contribution is -0.127. The SMILES string of the molecule is OCC1(COc2ccc(Cl)cc2)CCCCO1. The molecule has 1 aliphatic rings. The molecule has 1 atom stereocenters. The van der Waals surface area contributed by atoms with Gasteiger partial charge in [0.1, 0.15) is 18.0 Å². The van der Waals surface area contributed by atoms with E-state index in [0.29, 0.717) is 18.2 Å². The van der Waals surface area contributed by atoms with Gasteiger partial charge in [-0.15, -0.1) is 0 Å². The van der Waals surface area contributed by atoms with Crippen LogP contribution in [-0.4, -0.2) is 30.5 Å². The van der Waals surface area contributed by atoms with Crippen LogP contribution in [-0.2, 0) is 4.74 Å². The number of rotatable bonds is 4. The molecule has 0 amide bonds. The molecule has 1 aromatic carbocycles. The maximum atomic E-state index is 9.44. The van der Waals surface area contributed by atoms with Gasteiger partial charge >= 0.3 is 0 Å². The Morgan fingerprint density at radius 3 is 2.65 bits per heavy atom. The van der Waals surface area contributed by atoms with Crippen molar-refractivity contribution in [2.45, 2.75) is 24.9 Å². The molecule has 17 heavy (non-hydrogen) atoms. The summed E-state index contributed by atoms with van der Waals surface area (Å²) in [7, 11) is 0. The Bertz CT molecular complexity index is 344. The average Bonchev–Trinajstić information content (AvgIpc) is 2.39. The van der Waals surface area contributed by atoms with Gasteiger partial charge in [-0.25, -0.2) is 0 Å². The maximum Gasteiger partial charge on any atom is 0.125 e. The molecule has 2 rings (SSSR count). The lowest BCUT2D eigenvalue weighted by atomic mass is 9.95. The molecule has 0 radical (unpaired) electrons. The summed E-state index contributed by atoms with van der Waals surface area (Å²) in [6.07, 6.45) is 2.98. The predicted octanol–water partition coefficient (Wildman–Crippen LogP) is 2.65. The van der Waals surface area contributed by atoms with Crippen LogP contribution in [0.2, 0.25) is 5.02 Å². The molecule has 1 unspecified atom stereocenters. The van der Waals surface area contributed by atoms with Gasteiger partial charge in [0.25, 0.3) is 0 Å². The second-order valence-corrected chi connectivity index (χ2v) is 4.83. The molecule has 0 spiro atoms. The maximum absolute atomic E-state index is 9.44. The van der Waals surface area contributed by atoms with Crippen molar-refractivity contribution in [2.24, 2.45) is 0 Å². The van der Waals surface area contributed by atoms with E-state index < -0.39 is 5.60 Å². The number of halogens is 1. The van der Waals surface area contributed by atoms with Crippen LogP contribution in [0.5, 0.6) is 5.75 Å². The van der Waals surface area contributed by atoms with E-state index in [1.165, 1.54) is 0 Å². The zero-order chi connectivity index (χ0) is 12.1. The summed E-state index contributed by atoms with van der Waals surface area (Å²) in [4.78, 5) is 0. The first-order chi connectivity index (χ1) is 8.24. The van der Waals surface area contributed by atoms with Crippen LogP contribution in [0.15, 0.2) is 24.3 Å². The van der Waals surface area contributed by atoms with E-state index in [1.807, 2.05) is 12.1 Å². The van der Waals surface area contributed by atoms with E-state index in [4.69, 9.17) is 21.1 Å². The Labute approximate surface area is 106 Å². The minimum absolute atomic E-state index is 0.000585. The van der Waals surface area contributed by atoms with Crippen LogP contribution >= 0.6 is 11.6 Å². The van der Waals surface area contributed by atoms with Crippen molar-refractivity contribution in [1.29, 1.82) is 0 Å². The second kappa shape index (κ2) is 5.71. The molecule has 94 valence electrons. The molecule has 0 saturated carbocycles.